The number of carbonyl (C=O) groups is 2. The lowest BCUT2D eigenvalue weighted by atomic mass is 10.3. The van der Waals surface area contributed by atoms with E-state index in [-0.39, 0.29) is 18.1 Å². The van der Waals surface area contributed by atoms with Crippen molar-refractivity contribution < 1.29 is 14.7 Å². The van der Waals surface area contributed by atoms with Crippen LogP contribution in [0.4, 0.5) is 0 Å². The molecule has 0 atom stereocenters. The maximum atomic E-state index is 11.7. The average molecular weight is 296 g/mol. The molecule has 0 bridgehead atoms. The summed E-state index contributed by atoms with van der Waals surface area (Å²) in [4.78, 5) is 24.7. The molecule has 0 radical (unpaired) electrons. The molecule has 1 saturated heterocycles. The maximum Gasteiger partial charge on any atom is 0.358 e. The van der Waals surface area contributed by atoms with Gasteiger partial charge < -0.3 is 20.6 Å². The van der Waals surface area contributed by atoms with Gasteiger partial charge in [-0.3, -0.25) is 4.79 Å². The standard InChI is InChI=1S/C12H20N6O3/c19-11(9-18-8-10(12(20)21)15-16-18)14-2-1-5-17-6-3-13-4-7-17/h8,13H,1-7,9H2,(H,14,19)(H,20,21). The molecule has 0 saturated carbocycles. The molecule has 2 heterocycles. The number of carbonyl (C=O) groups excluding carboxylic acids is 1. The molecule has 9 heteroatoms. The van der Waals surface area contributed by atoms with E-state index in [9.17, 15) is 9.59 Å². The summed E-state index contributed by atoms with van der Waals surface area (Å²) in [6.07, 6.45) is 2.13. The second-order valence-corrected chi connectivity index (χ2v) is 4.90. The van der Waals surface area contributed by atoms with Crippen LogP contribution in [0.1, 0.15) is 16.9 Å². The van der Waals surface area contributed by atoms with E-state index in [1.165, 1.54) is 10.9 Å². The van der Waals surface area contributed by atoms with Gasteiger partial charge in [0, 0.05) is 32.7 Å². The van der Waals surface area contributed by atoms with Gasteiger partial charge in [0.15, 0.2) is 5.69 Å². The highest BCUT2D eigenvalue weighted by atomic mass is 16.4. The molecule has 0 unspecified atom stereocenters. The Morgan fingerprint density at radius 3 is 2.81 bits per heavy atom. The molecule has 1 aliphatic heterocycles. The van der Waals surface area contributed by atoms with E-state index in [0.29, 0.717) is 6.54 Å². The van der Waals surface area contributed by atoms with E-state index in [2.05, 4.69) is 25.8 Å². The van der Waals surface area contributed by atoms with Crippen LogP contribution in [0, 0.1) is 0 Å². The van der Waals surface area contributed by atoms with Crippen molar-refractivity contribution in [2.24, 2.45) is 0 Å². The molecule has 1 aromatic heterocycles. The van der Waals surface area contributed by atoms with Crippen LogP contribution in [0.15, 0.2) is 6.20 Å². The molecular formula is C12H20N6O3. The summed E-state index contributed by atoms with van der Waals surface area (Å²) in [7, 11) is 0. The summed E-state index contributed by atoms with van der Waals surface area (Å²) in [5.74, 6) is -1.35. The van der Waals surface area contributed by atoms with Gasteiger partial charge in [-0.2, -0.15) is 0 Å². The topological polar surface area (TPSA) is 112 Å². The van der Waals surface area contributed by atoms with Crippen LogP contribution in [-0.2, 0) is 11.3 Å². The van der Waals surface area contributed by atoms with Crippen LogP contribution >= 0.6 is 0 Å². The molecular weight excluding hydrogens is 276 g/mol. The first-order chi connectivity index (χ1) is 10.1. The fraction of sp³-hybridized carbons (Fsp3) is 0.667. The Kier molecular flexibility index (Phi) is 5.64. The Balaban J connectivity index is 1.61. The van der Waals surface area contributed by atoms with Crippen LogP contribution in [-0.4, -0.2) is 76.1 Å². The maximum absolute atomic E-state index is 11.7. The van der Waals surface area contributed by atoms with Gasteiger partial charge in [0.25, 0.3) is 0 Å². The summed E-state index contributed by atoms with van der Waals surface area (Å²) in [5, 5.41) is 21.8. The van der Waals surface area contributed by atoms with Gasteiger partial charge in [-0.25, -0.2) is 9.48 Å². The SMILES string of the molecule is O=C(Cn1cc(C(=O)O)nn1)NCCCN1CCNCC1. The zero-order valence-electron chi connectivity index (χ0n) is 11.8. The fourth-order valence-electron chi connectivity index (χ4n) is 2.14. The Labute approximate surface area is 122 Å². The van der Waals surface area contributed by atoms with Crippen molar-refractivity contribution in [2.75, 3.05) is 39.3 Å². The second kappa shape index (κ2) is 7.70. The molecule has 1 amide bonds. The number of nitrogens with zero attached hydrogens (tertiary/aromatic N) is 4. The summed E-state index contributed by atoms with van der Waals surface area (Å²) in [6.45, 7) is 5.68. The van der Waals surface area contributed by atoms with Gasteiger partial charge >= 0.3 is 5.97 Å². The van der Waals surface area contributed by atoms with Crippen LogP contribution in [0.2, 0.25) is 0 Å². The molecule has 1 fully saturated rings. The summed E-state index contributed by atoms with van der Waals surface area (Å²) < 4.78 is 1.22. The number of carboxylic acids is 1. The number of amides is 1. The Morgan fingerprint density at radius 2 is 2.14 bits per heavy atom. The fourth-order valence-corrected chi connectivity index (χ4v) is 2.14. The van der Waals surface area contributed by atoms with Crippen molar-refractivity contribution in [1.82, 2.24) is 30.5 Å². The van der Waals surface area contributed by atoms with Crippen molar-refractivity contribution >= 4 is 11.9 Å². The van der Waals surface area contributed by atoms with Crippen molar-refractivity contribution in [2.45, 2.75) is 13.0 Å². The van der Waals surface area contributed by atoms with E-state index >= 15 is 0 Å². The molecule has 2 rings (SSSR count). The monoisotopic (exact) mass is 296 g/mol. The molecule has 1 aliphatic rings. The van der Waals surface area contributed by atoms with Crippen LogP contribution in [0.3, 0.4) is 0 Å². The largest absolute Gasteiger partial charge is 0.476 e. The van der Waals surface area contributed by atoms with E-state index in [4.69, 9.17) is 5.11 Å². The second-order valence-electron chi connectivity index (χ2n) is 4.90. The zero-order valence-corrected chi connectivity index (χ0v) is 11.8. The van der Waals surface area contributed by atoms with E-state index < -0.39 is 5.97 Å². The van der Waals surface area contributed by atoms with Crippen LogP contribution < -0.4 is 10.6 Å². The Morgan fingerprint density at radius 1 is 1.38 bits per heavy atom. The minimum absolute atomic E-state index is 0.0199. The third kappa shape index (κ3) is 5.12. The average Bonchev–Trinajstić information content (AvgIpc) is 2.93. The first kappa shape index (κ1) is 15.4. The van der Waals surface area contributed by atoms with Crippen LogP contribution in [0.5, 0.6) is 0 Å². The molecule has 0 aliphatic carbocycles. The summed E-state index contributed by atoms with van der Waals surface area (Å²) >= 11 is 0. The number of aromatic carboxylic acids is 1. The van der Waals surface area contributed by atoms with Crippen molar-refractivity contribution in [1.29, 1.82) is 0 Å². The molecule has 0 aromatic carbocycles. The van der Waals surface area contributed by atoms with Crippen molar-refractivity contribution in [3.8, 4) is 0 Å². The van der Waals surface area contributed by atoms with E-state index in [1.807, 2.05) is 0 Å². The lowest BCUT2D eigenvalue weighted by molar-refractivity contribution is -0.121. The van der Waals surface area contributed by atoms with E-state index in [1.54, 1.807) is 0 Å². The van der Waals surface area contributed by atoms with E-state index in [0.717, 1.165) is 39.1 Å². The number of aromatic nitrogens is 3. The highest BCUT2D eigenvalue weighted by Gasteiger charge is 2.11. The molecule has 21 heavy (non-hydrogen) atoms. The number of hydrogen-bond acceptors (Lipinski definition) is 6. The summed E-state index contributed by atoms with van der Waals surface area (Å²) in [5.41, 5.74) is -0.165. The molecule has 116 valence electrons. The number of nitrogens with one attached hydrogen (secondary N) is 2. The van der Waals surface area contributed by atoms with Gasteiger partial charge in [0.05, 0.1) is 6.20 Å². The Hall–Kier alpha value is -2.00. The summed E-state index contributed by atoms with van der Waals surface area (Å²) in [6, 6.07) is 0. The first-order valence-electron chi connectivity index (χ1n) is 6.98. The Bertz CT molecular complexity index is 483. The lowest BCUT2D eigenvalue weighted by Gasteiger charge is -2.27. The third-order valence-electron chi connectivity index (χ3n) is 3.25. The lowest BCUT2D eigenvalue weighted by Crippen LogP contribution is -2.44. The highest BCUT2D eigenvalue weighted by molar-refractivity contribution is 5.84. The van der Waals surface area contributed by atoms with Gasteiger partial charge in [0.1, 0.15) is 6.54 Å². The minimum Gasteiger partial charge on any atom is -0.476 e. The zero-order chi connectivity index (χ0) is 15.1. The first-order valence-corrected chi connectivity index (χ1v) is 6.98. The normalized spacial score (nSPS) is 15.8. The highest BCUT2D eigenvalue weighted by Crippen LogP contribution is 1.94. The predicted octanol–water partition coefficient (Wildman–Crippen LogP) is -1.61. The van der Waals surface area contributed by atoms with Gasteiger partial charge in [-0.05, 0) is 13.0 Å². The molecule has 9 nitrogen and oxygen atoms in total. The number of piperazine rings is 1. The number of carboxylic acid groups (broad SMARTS) is 1. The molecule has 0 spiro atoms. The smallest absolute Gasteiger partial charge is 0.358 e. The van der Waals surface area contributed by atoms with Gasteiger partial charge in [0.2, 0.25) is 5.91 Å². The molecule has 1 aromatic rings. The third-order valence-corrected chi connectivity index (χ3v) is 3.25. The number of rotatable bonds is 7. The van der Waals surface area contributed by atoms with Crippen molar-refractivity contribution in [3.63, 3.8) is 0 Å². The number of hydrogen-bond donors (Lipinski definition) is 3. The van der Waals surface area contributed by atoms with Gasteiger partial charge in [-0.1, -0.05) is 5.21 Å². The quantitative estimate of drug-likeness (QED) is 0.519. The van der Waals surface area contributed by atoms with Crippen molar-refractivity contribution in [3.05, 3.63) is 11.9 Å². The predicted molar refractivity (Wildman–Crippen MR) is 73.9 cm³/mol. The van der Waals surface area contributed by atoms with Crippen LogP contribution in [0.25, 0.3) is 0 Å². The molecule has 3 N–H and O–H groups in total. The van der Waals surface area contributed by atoms with Gasteiger partial charge in [-0.15, -0.1) is 5.10 Å². The minimum atomic E-state index is -1.15.